The van der Waals surface area contributed by atoms with Gasteiger partial charge in [0.05, 0.1) is 11.2 Å². The minimum Gasteiger partial charge on any atom is -0.228 e. The van der Waals surface area contributed by atoms with Gasteiger partial charge >= 0.3 is 0 Å². The van der Waals surface area contributed by atoms with Crippen LogP contribution in [0.2, 0.25) is 0 Å². The first-order chi connectivity index (χ1) is 21.8. The molecule has 2 heterocycles. The van der Waals surface area contributed by atoms with E-state index in [9.17, 15) is 0 Å². The molecule has 0 spiro atoms. The molecule has 0 bridgehead atoms. The predicted octanol–water partition coefficient (Wildman–Crippen LogP) is 9.30. The van der Waals surface area contributed by atoms with Gasteiger partial charge < -0.3 is 0 Å². The number of aromatic nitrogens is 5. The Balaban J connectivity index is 1.31. The molecule has 0 atom stereocenters. The first-order valence-corrected chi connectivity index (χ1v) is 14.5. The van der Waals surface area contributed by atoms with Gasteiger partial charge in [0.2, 0.25) is 0 Å². The lowest BCUT2D eigenvalue weighted by molar-refractivity contribution is 1.07. The lowest BCUT2D eigenvalue weighted by Crippen LogP contribution is -2.00. The van der Waals surface area contributed by atoms with Crippen LogP contribution in [0.3, 0.4) is 0 Å². The number of para-hydroxylation sites is 1. The van der Waals surface area contributed by atoms with Crippen molar-refractivity contribution in [3.05, 3.63) is 152 Å². The Morgan fingerprint density at radius 1 is 0.318 bits per heavy atom. The summed E-state index contributed by atoms with van der Waals surface area (Å²) in [5.41, 5.74) is 6.48. The van der Waals surface area contributed by atoms with Gasteiger partial charge in [-0.05, 0) is 22.9 Å². The van der Waals surface area contributed by atoms with E-state index in [1.54, 1.807) is 0 Å². The molecule has 2 aromatic heterocycles. The predicted molar refractivity (Wildman–Crippen MR) is 178 cm³/mol. The monoisotopic (exact) mass is 563 g/mol. The molecule has 0 aliphatic rings. The second-order valence-corrected chi connectivity index (χ2v) is 10.6. The minimum atomic E-state index is 0.604. The summed E-state index contributed by atoms with van der Waals surface area (Å²) in [4.78, 5) is 24.9. The molecule has 0 saturated heterocycles. The molecule has 0 amide bonds. The molecule has 0 unspecified atom stereocenters. The average Bonchev–Trinajstić information content (AvgIpc) is 3.11. The van der Waals surface area contributed by atoms with E-state index < -0.39 is 0 Å². The maximum Gasteiger partial charge on any atom is 0.164 e. The summed E-state index contributed by atoms with van der Waals surface area (Å²) in [6, 6.07) is 51.1. The molecule has 5 heteroatoms. The van der Waals surface area contributed by atoms with Crippen LogP contribution < -0.4 is 0 Å². The van der Waals surface area contributed by atoms with Crippen LogP contribution >= 0.6 is 0 Å². The molecule has 0 aliphatic carbocycles. The normalized spacial score (nSPS) is 11.2. The highest BCUT2D eigenvalue weighted by atomic mass is 15.0. The maximum absolute atomic E-state index is 5.19. The van der Waals surface area contributed by atoms with Crippen LogP contribution in [-0.4, -0.2) is 24.9 Å². The van der Waals surface area contributed by atoms with E-state index in [1.807, 2.05) is 91.0 Å². The average molecular weight is 564 g/mol. The van der Waals surface area contributed by atoms with Crippen LogP contribution in [0.5, 0.6) is 0 Å². The van der Waals surface area contributed by atoms with Crippen LogP contribution in [0.4, 0.5) is 0 Å². The highest BCUT2D eigenvalue weighted by molar-refractivity contribution is 5.98. The summed E-state index contributed by atoms with van der Waals surface area (Å²) >= 11 is 0. The number of nitrogens with zero attached hydrogens (tertiary/aromatic N) is 5. The van der Waals surface area contributed by atoms with Crippen molar-refractivity contribution in [2.45, 2.75) is 0 Å². The van der Waals surface area contributed by atoms with Crippen LogP contribution in [0.25, 0.3) is 78.5 Å². The van der Waals surface area contributed by atoms with Crippen molar-refractivity contribution in [2.24, 2.45) is 0 Å². The van der Waals surface area contributed by atoms with E-state index in [2.05, 4.69) is 60.7 Å². The summed E-state index contributed by atoms with van der Waals surface area (Å²) in [5.74, 6) is 2.56. The van der Waals surface area contributed by atoms with Crippen molar-refractivity contribution in [3.63, 3.8) is 0 Å². The van der Waals surface area contributed by atoms with E-state index in [0.717, 1.165) is 55.2 Å². The number of benzene rings is 6. The van der Waals surface area contributed by atoms with Crippen molar-refractivity contribution in [1.29, 1.82) is 0 Å². The molecular weight excluding hydrogens is 538 g/mol. The van der Waals surface area contributed by atoms with E-state index >= 15 is 0 Å². The van der Waals surface area contributed by atoms with Crippen LogP contribution in [0, 0.1) is 0 Å². The number of hydrogen-bond acceptors (Lipinski definition) is 5. The third-order valence-corrected chi connectivity index (χ3v) is 7.73. The molecule has 44 heavy (non-hydrogen) atoms. The van der Waals surface area contributed by atoms with Crippen molar-refractivity contribution >= 4 is 21.7 Å². The lowest BCUT2D eigenvalue weighted by atomic mass is 10.0. The van der Waals surface area contributed by atoms with Gasteiger partial charge in [-0.2, -0.15) is 0 Å². The Labute approximate surface area is 254 Å². The van der Waals surface area contributed by atoms with Gasteiger partial charge in [-0.25, -0.2) is 24.9 Å². The van der Waals surface area contributed by atoms with E-state index in [1.165, 1.54) is 0 Å². The summed E-state index contributed by atoms with van der Waals surface area (Å²) in [5, 5.41) is 3.26. The topological polar surface area (TPSA) is 64.5 Å². The fourth-order valence-electron chi connectivity index (χ4n) is 5.58. The summed E-state index contributed by atoms with van der Waals surface area (Å²) < 4.78 is 0. The first kappa shape index (κ1) is 25.6. The fourth-order valence-corrected chi connectivity index (χ4v) is 5.58. The molecule has 0 aliphatic heterocycles. The van der Waals surface area contributed by atoms with Gasteiger partial charge in [-0.1, -0.05) is 140 Å². The summed E-state index contributed by atoms with van der Waals surface area (Å²) in [6.45, 7) is 0. The van der Waals surface area contributed by atoms with Crippen molar-refractivity contribution in [2.75, 3.05) is 0 Å². The highest BCUT2D eigenvalue weighted by Gasteiger charge is 2.16. The van der Waals surface area contributed by atoms with Gasteiger partial charge in [0.15, 0.2) is 23.3 Å². The molecular formula is C39H25N5. The van der Waals surface area contributed by atoms with Crippen molar-refractivity contribution in [1.82, 2.24) is 24.9 Å². The first-order valence-electron chi connectivity index (χ1n) is 14.5. The number of rotatable bonds is 5. The lowest BCUT2D eigenvalue weighted by Gasteiger charge is -2.12. The summed E-state index contributed by atoms with van der Waals surface area (Å²) in [7, 11) is 0. The van der Waals surface area contributed by atoms with Crippen molar-refractivity contribution in [3.8, 4) is 56.8 Å². The smallest absolute Gasteiger partial charge is 0.164 e. The SMILES string of the molecule is c1ccc(-c2nc(-c3ccccc3)nc(-c3cccc(-c4nc(-c5cccc6ccccc56)nc5ccccc45)c3)n2)cc1. The number of fused-ring (bicyclic) bond motifs is 2. The largest absolute Gasteiger partial charge is 0.228 e. The Morgan fingerprint density at radius 2 is 0.841 bits per heavy atom. The Bertz CT molecular complexity index is 2220. The van der Waals surface area contributed by atoms with Crippen molar-refractivity contribution < 1.29 is 0 Å². The van der Waals surface area contributed by atoms with Gasteiger partial charge in [-0.3, -0.25) is 0 Å². The third-order valence-electron chi connectivity index (χ3n) is 7.73. The second-order valence-electron chi connectivity index (χ2n) is 10.6. The van der Waals surface area contributed by atoms with E-state index in [4.69, 9.17) is 24.9 Å². The fraction of sp³-hybridized carbons (Fsp3) is 0. The quantitative estimate of drug-likeness (QED) is 0.209. The minimum absolute atomic E-state index is 0.604. The Morgan fingerprint density at radius 3 is 1.57 bits per heavy atom. The van der Waals surface area contributed by atoms with Gasteiger partial charge in [0.1, 0.15) is 0 Å². The van der Waals surface area contributed by atoms with E-state index in [-0.39, 0.29) is 0 Å². The van der Waals surface area contributed by atoms with Gasteiger partial charge in [0.25, 0.3) is 0 Å². The van der Waals surface area contributed by atoms with Crippen LogP contribution in [-0.2, 0) is 0 Å². The molecule has 206 valence electrons. The molecule has 8 rings (SSSR count). The number of hydrogen-bond donors (Lipinski definition) is 0. The zero-order valence-corrected chi connectivity index (χ0v) is 23.7. The molecule has 0 N–H and O–H groups in total. The molecule has 0 saturated carbocycles. The Hall–Kier alpha value is -6.07. The molecule has 5 nitrogen and oxygen atoms in total. The Kier molecular flexibility index (Phi) is 6.39. The molecule has 0 radical (unpaired) electrons. The second kappa shape index (κ2) is 11.0. The third kappa shape index (κ3) is 4.76. The van der Waals surface area contributed by atoms with Gasteiger partial charge in [-0.15, -0.1) is 0 Å². The molecule has 0 fully saturated rings. The standard InChI is InChI=1S/C39H25N5/c1-3-14-27(15-4-1)36-42-37(28-16-5-2-6-17-28)44-38(43-36)30-20-11-19-29(25-30)35-33-22-9-10-24-34(33)40-39(41-35)32-23-12-18-26-13-7-8-21-31(26)32/h1-25H. The van der Waals surface area contributed by atoms with E-state index in [0.29, 0.717) is 23.3 Å². The zero-order valence-electron chi connectivity index (χ0n) is 23.7. The molecule has 6 aromatic carbocycles. The summed E-state index contributed by atoms with van der Waals surface area (Å²) in [6.07, 6.45) is 0. The maximum atomic E-state index is 5.19. The van der Waals surface area contributed by atoms with Crippen LogP contribution in [0.1, 0.15) is 0 Å². The van der Waals surface area contributed by atoms with Crippen LogP contribution in [0.15, 0.2) is 152 Å². The highest BCUT2D eigenvalue weighted by Crippen LogP contribution is 2.34. The molecule has 8 aromatic rings. The van der Waals surface area contributed by atoms with Gasteiger partial charge in [0, 0.05) is 33.2 Å². The zero-order chi connectivity index (χ0) is 29.3.